The predicted molar refractivity (Wildman–Crippen MR) is 53.0 cm³/mol. The van der Waals surface area contributed by atoms with Crippen LogP contribution in [0.15, 0.2) is 24.4 Å². The molecule has 3 heteroatoms. The zero-order chi connectivity index (χ0) is 8.81. The highest BCUT2D eigenvalue weighted by Crippen LogP contribution is 2.02. The summed E-state index contributed by atoms with van der Waals surface area (Å²) in [6.07, 6.45) is 5.62. The Hall–Kier alpha value is -0.800. The van der Waals surface area contributed by atoms with Crippen molar-refractivity contribution in [3.05, 3.63) is 35.7 Å². The molecule has 1 aromatic rings. The average Bonchev–Trinajstić information content (AvgIpc) is 2.15. The van der Waals surface area contributed by atoms with E-state index in [2.05, 4.69) is 17.6 Å². The highest BCUT2D eigenvalue weighted by atomic mass is 32.1. The fraction of sp³-hybridized carbons (Fsp3) is 0.222. The van der Waals surface area contributed by atoms with Gasteiger partial charge in [0.15, 0.2) is 0 Å². The van der Waals surface area contributed by atoms with Crippen LogP contribution in [0.5, 0.6) is 0 Å². The number of aliphatic hydroxyl groups is 1. The van der Waals surface area contributed by atoms with Gasteiger partial charge in [0, 0.05) is 11.9 Å². The smallest absolute Gasteiger partial charge is 0.0852 e. The highest BCUT2D eigenvalue weighted by molar-refractivity contribution is 7.80. The number of rotatable bonds is 3. The van der Waals surface area contributed by atoms with Crippen LogP contribution in [0.2, 0.25) is 0 Å². The summed E-state index contributed by atoms with van der Waals surface area (Å²) in [4.78, 5) is 4.02. The number of hydrogen-bond acceptors (Lipinski definition) is 3. The van der Waals surface area contributed by atoms with E-state index < -0.39 is 0 Å². The van der Waals surface area contributed by atoms with Crippen molar-refractivity contribution in [1.29, 1.82) is 0 Å². The van der Waals surface area contributed by atoms with Crippen molar-refractivity contribution in [2.24, 2.45) is 0 Å². The lowest BCUT2D eigenvalue weighted by Gasteiger charge is -1.95. The molecule has 0 fully saturated rings. The summed E-state index contributed by atoms with van der Waals surface area (Å²) in [6, 6.07) is 3.72. The van der Waals surface area contributed by atoms with Crippen molar-refractivity contribution < 1.29 is 5.11 Å². The number of aliphatic hydroxyl groups excluding tert-OH is 1. The summed E-state index contributed by atoms with van der Waals surface area (Å²) < 4.78 is 0. The summed E-state index contributed by atoms with van der Waals surface area (Å²) in [7, 11) is 0. The van der Waals surface area contributed by atoms with Gasteiger partial charge in [-0.2, -0.15) is 12.6 Å². The summed E-state index contributed by atoms with van der Waals surface area (Å²) in [5.74, 6) is 0.724. The first-order chi connectivity index (χ1) is 5.86. The van der Waals surface area contributed by atoms with Gasteiger partial charge in [-0.25, -0.2) is 0 Å². The van der Waals surface area contributed by atoms with Gasteiger partial charge in [-0.05, 0) is 11.6 Å². The predicted octanol–water partition coefficient (Wildman–Crippen LogP) is 1.52. The maximum Gasteiger partial charge on any atom is 0.0852 e. The minimum Gasteiger partial charge on any atom is -0.390 e. The van der Waals surface area contributed by atoms with Gasteiger partial charge in [-0.1, -0.05) is 18.2 Å². The molecule has 12 heavy (non-hydrogen) atoms. The lowest BCUT2D eigenvalue weighted by molar-refractivity contribution is 0.277. The molecule has 0 saturated heterocycles. The van der Waals surface area contributed by atoms with Crippen molar-refractivity contribution in [2.45, 2.75) is 6.61 Å². The van der Waals surface area contributed by atoms with Gasteiger partial charge in [0.05, 0.1) is 12.3 Å². The summed E-state index contributed by atoms with van der Waals surface area (Å²) in [6.45, 7) is -0.00341. The molecular formula is C9H11NOS. The quantitative estimate of drug-likeness (QED) is 0.693. The van der Waals surface area contributed by atoms with Gasteiger partial charge in [-0.3, -0.25) is 4.98 Å². The molecule has 0 aliphatic carbocycles. The molecule has 0 bridgehead atoms. The largest absolute Gasteiger partial charge is 0.390 e. The summed E-state index contributed by atoms with van der Waals surface area (Å²) in [5, 5.41) is 8.71. The Bertz CT molecular complexity index is 256. The highest BCUT2D eigenvalue weighted by Gasteiger charge is 1.89. The molecule has 0 unspecified atom stereocenters. The molecule has 1 rings (SSSR count). The standard InChI is InChI=1S/C9H11NOS/c11-7-9-4-3-8(6-10-9)2-1-5-12/h1-4,6,11-12H,5,7H2. The van der Waals surface area contributed by atoms with Gasteiger partial charge in [-0.15, -0.1) is 0 Å². The first-order valence-corrected chi connectivity index (χ1v) is 4.33. The lowest BCUT2D eigenvalue weighted by Crippen LogP contribution is -1.87. The van der Waals surface area contributed by atoms with E-state index in [1.165, 1.54) is 0 Å². The van der Waals surface area contributed by atoms with Gasteiger partial charge in [0.25, 0.3) is 0 Å². The van der Waals surface area contributed by atoms with E-state index in [4.69, 9.17) is 5.11 Å². The van der Waals surface area contributed by atoms with Crippen LogP contribution in [0, 0.1) is 0 Å². The lowest BCUT2D eigenvalue weighted by atomic mass is 10.2. The van der Waals surface area contributed by atoms with E-state index in [0.717, 1.165) is 11.3 Å². The minimum absolute atomic E-state index is 0.00341. The Morgan fingerprint density at radius 1 is 1.50 bits per heavy atom. The van der Waals surface area contributed by atoms with Gasteiger partial charge >= 0.3 is 0 Å². The maximum atomic E-state index is 8.71. The van der Waals surface area contributed by atoms with E-state index >= 15 is 0 Å². The Kier molecular flexibility index (Phi) is 3.84. The number of pyridine rings is 1. The second-order valence-corrected chi connectivity index (χ2v) is 2.69. The van der Waals surface area contributed by atoms with E-state index in [0.29, 0.717) is 5.69 Å². The van der Waals surface area contributed by atoms with Crippen molar-refractivity contribution in [3.8, 4) is 0 Å². The second-order valence-electron chi connectivity index (χ2n) is 2.33. The summed E-state index contributed by atoms with van der Waals surface area (Å²) in [5.41, 5.74) is 1.72. The summed E-state index contributed by atoms with van der Waals surface area (Å²) >= 11 is 4.04. The first-order valence-electron chi connectivity index (χ1n) is 3.70. The van der Waals surface area contributed by atoms with Crippen LogP contribution in [0.1, 0.15) is 11.3 Å². The minimum atomic E-state index is -0.00341. The van der Waals surface area contributed by atoms with Crippen LogP contribution >= 0.6 is 12.6 Å². The van der Waals surface area contributed by atoms with E-state index in [9.17, 15) is 0 Å². The molecule has 2 nitrogen and oxygen atoms in total. The SMILES string of the molecule is OCc1ccc(C=CCS)cn1. The second kappa shape index (κ2) is 4.95. The van der Waals surface area contributed by atoms with Crippen LogP contribution in [0.3, 0.4) is 0 Å². The Morgan fingerprint density at radius 3 is 2.83 bits per heavy atom. The number of thiol groups is 1. The maximum absolute atomic E-state index is 8.71. The van der Waals surface area contributed by atoms with E-state index in [1.807, 2.05) is 18.2 Å². The molecule has 0 radical (unpaired) electrons. The van der Waals surface area contributed by atoms with E-state index in [1.54, 1.807) is 12.3 Å². The Labute approximate surface area is 77.4 Å². The molecule has 1 heterocycles. The molecular weight excluding hydrogens is 170 g/mol. The monoisotopic (exact) mass is 181 g/mol. The zero-order valence-corrected chi connectivity index (χ0v) is 7.54. The van der Waals surface area contributed by atoms with Gasteiger partial charge in [0.1, 0.15) is 0 Å². The van der Waals surface area contributed by atoms with Gasteiger partial charge < -0.3 is 5.11 Å². The Morgan fingerprint density at radius 2 is 2.33 bits per heavy atom. The number of nitrogens with zero attached hydrogens (tertiary/aromatic N) is 1. The third-order valence-corrected chi connectivity index (χ3v) is 1.64. The van der Waals surface area contributed by atoms with Crippen LogP contribution in [0.25, 0.3) is 6.08 Å². The molecule has 0 spiro atoms. The number of hydrogen-bond donors (Lipinski definition) is 2. The molecule has 0 atom stereocenters. The van der Waals surface area contributed by atoms with Crippen LogP contribution in [-0.4, -0.2) is 15.8 Å². The molecule has 0 aromatic carbocycles. The molecule has 1 aromatic heterocycles. The molecule has 0 saturated carbocycles. The fourth-order valence-electron chi connectivity index (χ4n) is 0.817. The molecule has 0 amide bonds. The third-order valence-electron chi connectivity index (χ3n) is 1.43. The van der Waals surface area contributed by atoms with Crippen molar-refractivity contribution in [2.75, 3.05) is 5.75 Å². The van der Waals surface area contributed by atoms with Gasteiger partial charge in [0.2, 0.25) is 0 Å². The molecule has 1 N–H and O–H groups in total. The fourth-order valence-corrected chi connectivity index (χ4v) is 0.922. The first kappa shape index (κ1) is 9.29. The molecule has 0 aliphatic rings. The molecule has 0 aliphatic heterocycles. The third kappa shape index (κ3) is 2.68. The molecule has 64 valence electrons. The topological polar surface area (TPSA) is 33.1 Å². The number of aromatic nitrogens is 1. The zero-order valence-electron chi connectivity index (χ0n) is 6.64. The van der Waals surface area contributed by atoms with Crippen molar-refractivity contribution in [3.63, 3.8) is 0 Å². The Balaban J connectivity index is 2.71. The van der Waals surface area contributed by atoms with E-state index in [-0.39, 0.29) is 6.61 Å². The van der Waals surface area contributed by atoms with Crippen molar-refractivity contribution in [1.82, 2.24) is 4.98 Å². The average molecular weight is 181 g/mol. The van der Waals surface area contributed by atoms with Crippen LogP contribution < -0.4 is 0 Å². The van der Waals surface area contributed by atoms with Crippen LogP contribution in [0.4, 0.5) is 0 Å². The van der Waals surface area contributed by atoms with Crippen LogP contribution in [-0.2, 0) is 6.61 Å². The normalized spacial score (nSPS) is 10.8. The van der Waals surface area contributed by atoms with Crippen molar-refractivity contribution >= 4 is 18.7 Å².